The van der Waals surface area contributed by atoms with E-state index in [0.717, 1.165) is 6.54 Å². The molecule has 2 bridgehead atoms. The maximum absolute atomic E-state index is 11.2. The molecule has 0 spiro atoms. The van der Waals surface area contributed by atoms with E-state index >= 15 is 0 Å². The van der Waals surface area contributed by atoms with E-state index < -0.39 is 0 Å². The Morgan fingerprint density at radius 3 is 2.07 bits per heavy atom. The number of hydrogen-bond acceptors (Lipinski definition) is 1. The van der Waals surface area contributed by atoms with E-state index in [0.29, 0.717) is 16.2 Å². The second-order valence-electron chi connectivity index (χ2n) is 6.94. The van der Waals surface area contributed by atoms with Crippen LogP contribution < -0.4 is 0 Å². The van der Waals surface area contributed by atoms with Crippen LogP contribution in [-0.4, -0.2) is 24.4 Å². The third-order valence-corrected chi connectivity index (χ3v) is 4.84. The molecule has 0 saturated heterocycles. The van der Waals surface area contributed by atoms with E-state index in [-0.39, 0.29) is 5.91 Å². The molecule has 0 N–H and O–H groups in total. The zero-order valence-electron chi connectivity index (χ0n) is 10.7. The molecule has 3 aliphatic carbocycles. The second kappa shape index (κ2) is 2.78. The molecule has 86 valence electrons. The van der Waals surface area contributed by atoms with Crippen LogP contribution in [0.2, 0.25) is 0 Å². The molecular weight excluding hydrogens is 186 g/mol. The lowest BCUT2D eigenvalue weighted by Gasteiger charge is -2.76. The normalized spacial score (nSPS) is 37.9. The molecule has 0 aromatic carbocycles. The lowest BCUT2D eigenvalue weighted by atomic mass is 9.29. The van der Waals surface area contributed by atoms with Crippen molar-refractivity contribution in [1.29, 1.82) is 0 Å². The molecule has 1 amide bonds. The number of carbonyl (C=O) groups is 1. The van der Waals surface area contributed by atoms with Crippen LogP contribution in [0.4, 0.5) is 0 Å². The van der Waals surface area contributed by atoms with E-state index in [1.54, 1.807) is 6.92 Å². The van der Waals surface area contributed by atoms with Crippen LogP contribution >= 0.6 is 0 Å². The fourth-order valence-corrected chi connectivity index (χ4v) is 3.58. The number of hydrogen-bond donors (Lipinski definition) is 0. The van der Waals surface area contributed by atoms with Crippen molar-refractivity contribution in [3.8, 4) is 0 Å². The second-order valence-corrected chi connectivity index (χ2v) is 6.94. The van der Waals surface area contributed by atoms with Gasteiger partial charge in [0.1, 0.15) is 0 Å². The highest BCUT2D eigenvalue weighted by atomic mass is 16.2. The van der Waals surface area contributed by atoms with Gasteiger partial charge >= 0.3 is 0 Å². The topological polar surface area (TPSA) is 20.3 Å². The third kappa shape index (κ3) is 1.41. The Bertz CT molecular complexity index is 280. The number of amides is 1. The molecule has 3 rings (SSSR count). The summed E-state index contributed by atoms with van der Waals surface area (Å²) in [6.07, 6.45) is 4.00. The van der Waals surface area contributed by atoms with Gasteiger partial charge in [0, 0.05) is 20.5 Å². The van der Waals surface area contributed by atoms with Crippen molar-refractivity contribution >= 4 is 5.91 Å². The molecule has 0 aliphatic heterocycles. The molecule has 0 aromatic rings. The quantitative estimate of drug-likeness (QED) is 0.684. The van der Waals surface area contributed by atoms with Gasteiger partial charge in [-0.15, -0.1) is 0 Å². The van der Waals surface area contributed by atoms with Gasteiger partial charge in [-0.3, -0.25) is 4.79 Å². The average molecular weight is 209 g/mol. The van der Waals surface area contributed by atoms with E-state index in [9.17, 15) is 4.79 Å². The molecule has 3 fully saturated rings. The Hall–Kier alpha value is -0.530. The van der Waals surface area contributed by atoms with Gasteiger partial charge in [0.2, 0.25) is 5.91 Å². The van der Waals surface area contributed by atoms with Crippen LogP contribution in [0.25, 0.3) is 0 Å². The lowest BCUT2D eigenvalue weighted by Crippen LogP contribution is -2.69. The predicted molar refractivity (Wildman–Crippen MR) is 61.5 cm³/mol. The Kier molecular flexibility index (Phi) is 2.03. The summed E-state index contributed by atoms with van der Waals surface area (Å²) in [6.45, 7) is 9.69. The molecule has 0 unspecified atom stereocenters. The van der Waals surface area contributed by atoms with Crippen LogP contribution in [0.3, 0.4) is 0 Å². The fourth-order valence-electron chi connectivity index (χ4n) is 3.58. The summed E-state index contributed by atoms with van der Waals surface area (Å²) in [4.78, 5) is 13.1. The van der Waals surface area contributed by atoms with Crippen LogP contribution in [0.15, 0.2) is 0 Å². The summed E-state index contributed by atoms with van der Waals surface area (Å²) in [5, 5.41) is 0. The Balaban J connectivity index is 1.91. The van der Waals surface area contributed by atoms with Gasteiger partial charge < -0.3 is 4.90 Å². The van der Waals surface area contributed by atoms with E-state index in [2.05, 4.69) is 20.8 Å². The van der Waals surface area contributed by atoms with Crippen LogP contribution in [0.5, 0.6) is 0 Å². The van der Waals surface area contributed by atoms with E-state index in [1.807, 2.05) is 11.9 Å². The number of carbonyl (C=O) groups excluding carboxylic acids is 1. The zero-order valence-corrected chi connectivity index (χ0v) is 10.7. The van der Waals surface area contributed by atoms with E-state index in [1.165, 1.54) is 19.3 Å². The first-order valence-corrected chi connectivity index (χ1v) is 5.92. The van der Waals surface area contributed by atoms with Crippen molar-refractivity contribution in [1.82, 2.24) is 4.90 Å². The largest absolute Gasteiger partial charge is 0.345 e. The first-order chi connectivity index (χ1) is 6.70. The third-order valence-electron chi connectivity index (χ3n) is 4.84. The summed E-state index contributed by atoms with van der Waals surface area (Å²) in [7, 11) is 1.92. The first kappa shape index (κ1) is 11.0. The lowest BCUT2D eigenvalue weighted by molar-refractivity contribution is -0.263. The minimum absolute atomic E-state index is 0.199. The van der Waals surface area contributed by atoms with Crippen LogP contribution in [-0.2, 0) is 4.79 Å². The van der Waals surface area contributed by atoms with Gasteiger partial charge in [0.05, 0.1) is 0 Å². The summed E-state index contributed by atoms with van der Waals surface area (Å²) in [5.74, 6) is 0.199. The van der Waals surface area contributed by atoms with Gasteiger partial charge in [-0.2, -0.15) is 0 Å². The molecule has 0 heterocycles. The number of nitrogens with zero attached hydrogens (tertiary/aromatic N) is 1. The maximum atomic E-state index is 11.2. The zero-order chi connectivity index (χ0) is 11.5. The van der Waals surface area contributed by atoms with Gasteiger partial charge in [-0.25, -0.2) is 0 Å². The highest BCUT2D eigenvalue weighted by Crippen LogP contribution is 2.79. The molecule has 2 nitrogen and oxygen atoms in total. The first-order valence-electron chi connectivity index (χ1n) is 5.92. The molecule has 0 atom stereocenters. The van der Waals surface area contributed by atoms with Crippen molar-refractivity contribution in [3.05, 3.63) is 0 Å². The standard InChI is InChI=1S/C13H23NO/c1-10(15)14(5)9-12-6-13(7-12,8-12)11(2,3)4/h6-9H2,1-5H3. The summed E-state index contributed by atoms with van der Waals surface area (Å²) in [5.41, 5.74) is 1.54. The van der Waals surface area contributed by atoms with Crippen molar-refractivity contribution in [3.63, 3.8) is 0 Å². The van der Waals surface area contributed by atoms with Gasteiger partial charge in [-0.05, 0) is 35.5 Å². The van der Waals surface area contributed by atoms with Crippen molar-refractivity contribution in [2.45, 2.75) is 47.0 Å². The maximum Gasteiger partial charge on any atom is 0.219 e. The van der Waals surface area contributed by atoms with E-state index in [4.69, 9.17) is 0 Å². The molecule has 2 heteroatoms. The Labute approximate surface area is 93.0 Å². The van der Waals surface area contributed by atoms with Crippen molar-refractivity contribution < 1.29 is 4.79 Å². The monoisotopic (exact) mass is 209 g/mol. The minimum Gasteiger partial charge on any atom is -0.345 e. The average Bonchev–Trinajstić information content (AvgIpc) is 1.89. The fraction of sp³-hybridized carbons (Fsp3) is 0.923. The molecule has 3 aliphatic rings. The summed E-state index contributed by atoms with van der Waals surface area (Å²) in [6, 6.07) is 0. The van der Waals surface area contributed by atoms with Gasteiger partial charge in [0.15, 0.2) is 0 Å². The minimum atomic E-state index is 0.199. The highest BCUT2D eigenvalue weighted by Gasteiger charge is 2.71. The predicted octanol–water partition coefficient (Wildman–Crippen LogP) is 2.68. The SMILES string of the molecule is CC(=O)N(C)CC12CC(C(C)(C)C)(C1)C2. The van der Waals surface area contributed by atoms with Crippen LogP contribution in [0.1, 0.15) is 47.0 Å². The molecule has 3 saturated carbocycles. The Morgan fingerprint density at radius 2 is 1.73 bits per heavy atom. The highest BCUT2D eigenvalue weighted by molar-refractivity contribution is 5.73. The van der Waals surface area contributed by atoms with Crippen molar-refractivity contribution in [2.24, 2.45) is 16.2 Å². The Morgan fingerprint density at radius 1 is 1.27 bits per heavy atom. The molecule has 0 radical (unpaired) electrons. The van der Waals surface area contributed by atoms with Gasteiger partial charge in [-0.1, -0.05) is 20.8 Å². The smallest absolute Gasteiger partial charge is 0.219 e. The molecular formula is C13H23NO. The van der Waals surface area contributed by atoms with Crippen LogP contribution in [0, 0.1) is 16.2 Å². The summed E-state index contributed by atoms with van der Waals surface area (Å²) < 4.78 is 0. The van der Waals surface area contributed by atoms with Gasteiger partial charge in [0.25, 0.3) is 0 Å². The summed E-state index contributed by atoms with van der Waals surface area (Å²) >= 11 is 0. The molecule has 0 aromatic heterocycles. The van der Waals surface area contributed by atoms with Crippen molar-refractivity contribution in [2.75, 3.05) is 13.6 Å². The number of rotatable bonds is 2. The molecule has 15 heavy (non-hydrogen) atoms.